The minimum atomic E-state index is -1.35. The first-order valence-corrected chi connectivity index (χ1v) is 6.79. The van der Waals surface area contributed by atoms with Crippen molar-refractivity contribution in [3.63, 3.8) is 0 Å². The van der Waals surface area contributed by atoms with Crippen molar-refractivity contribution in [2.75, 3.05) is 7.11 Å². The Balaban J connectivity index is 2.22. The number of aromatic nitrogens is 3. The zero-order chi connectivity index (χ0) is 17.3. The number of methoxy groups -OCH3 is 1. The minimum Gasteiger partial charge on any atom is -0.497 e. The van der Waals surface area contributed by atoms with Gasteiger partial charge in [-0.25, -0.2) is 18.3 Å². The number of ether oxygens (including phenoxy) is 1. The predicted octanol–water partition coefficient (Wildman–Crippen LogP) is 2.92. The predicted molar refractivity (Wildman–Crippen MR) is 80.2 cm³/mol. The summed E-state index contributed by atoms with van der Waals surface area (Å²) >= 11 is 0. The Hall–Kier alpha value is -3.29. The lowest BCUT2D eigenvalue weighted by atomic mass is 10.1. The molecule has 122 valence electrons. The molecular weight excluding hydrogens is 320 g/mol. The SMILES string of the molecule is COc1ccc(-n2nnc(C(=O)O)c2-c2cc(F)cc(F)c2)cc1. The second kappa shape index (κ2) is 6.07. The molecule has 3 rings (SSSR count). The summed E-state index contributed by atoms with van der Waals surface area (Å²) in [4.78, 5) is 11.4. The van der Waals surface area contributed by atoms with Crippen LogP contribution in [0.15, 0.2) is 42.5 Å². The van der Waals surface area contributed by atoms with E-state index in [4.69, 9.17) is 4.74 Å². The van der Waals surface area contributed by atoms with Crippen LogP contribution in [0.1, 0.15) is 10.5 Å². The van der Waals surface area contributed by atoms with Gasteiger partial charge in [-0.1, -0.05) is 5.21 Å². The number of hydrogen-bond donors (Lipinski definition) is 1. The normalized spacial score (nSPS) is 10.6. The highest BCUT2D eigenvalue weighted by molar-refractivity contribution is 5.93. The number of aromatic carboxylic acids is 1. The Morgan fingerprint density at radius 1 is 1.12 bits per heavy atom. The number of carboxylic acid groups (broad SMARTS) is 1. The van der Waals surface area contributed by atoms with Crippen molar-refractivity contribution in [3.05, 3.63) is 59.8 Å². The fourth-order valence-corrected chi connectivity index (χ4v) is 2.28. The molecule has 0 bridgehead atoms. The van der Waals surface area contributed by atoms with E-state index in [1.165, 1.54) is 11.8 Å². The maximum atomic E-state index is 13.5. The van der Waals surface area contributed by atoms with Crippen molar-refractivity contribution < 1.29 is 23.4 Å². The average molecular weight is 331 g/mol. The zero-order valence-corrected chi connectivity index (χ0v) is 12.4. The fraction of sp³-hybridized carbons (Fsp3) is 0.0625. The summed E-state index contributed by atoms with van der Waals surface area (Å²) in [5, 5.41) is 16.7. The molecule has 0 amide bonds. The molecule has 1 aromatic heterocycles. The average Bonchev–Trinajstić information content (AvgIpc) is 2.99. The van der Waals surface area contributed by atoms with Gasteiger partial charge < -0.3 is 9.84 Å². The van der Waals surface area contributed by atoms with Crippen LogP contribution in [0.3, 0.4) is 0 Å². The first kappa shape index (κ1) is 15.6. The standard InChI is InChI=1S/C16H11F2N3O3/c1-24-13-4-2-12(3-5-13)21-15(14(16(22)23)19-20-21)9-6-10(17)8-11(18)7-9/h2-8H,1H3,(H,22,23). The molecule has 6 nitrogen and oxygen atoms in total. The van der Waals surface area contributed by atoms with E-state index in [1.807, 2.05) is 0 Å². The molecule has 8 heteroatoms. The van der Waals surface area contributed by atoms with Gasteiger partial charge >= 0.3 is 5.97 Å². The van der Waals surface area contributed by atoms with Gasteiger partial charge in [-0.2, -0.15) is 0 Å². The van der Waals surface area contributed by atoms with Gasteiger partial charge in [0.15, 0.2) is 5.69 Å². The quantitative estimate of drug-likeness (QED) is 0.795. The van der Waals surface area contributed by atoms with Gasteiger partial charge in [-0.05, 0) is 36.4 Å². The van der Waals surface area contributed by atoms with Crippen LogP contribution in [0, 0.1) is 11.6 Å². The van der Waals surface area contributed by atoms with E-state index in [2.05, 4.69) is 10.3 Å². The van der Waals surface area contributed by atoms with Gasteiger partial charge in [0, 0.05) is 11.6 Å². The van der Waals surface area contributed by atoms with Crippen LogP contribution in [-0.2, 0) is 0 Å². The Bertz CT molecular complexity index is 887. The number of carbonyl (C=O) groups is 1. The number of halogens is 2. The molecule has 0 spiro atoms. The van der Waals surface area contributed by atoms with Crippen LogP contribution >= 0.6 is 0 Å². The van der Waals surface area contributed by atoms with E-state index in [1.54, 1.807) is 24.3 Å². The summed E-state index contributed by atoms with van der Waals surface area (Å²) in [5.74, 6) is -2.42. The number of rotatable bonds is 4. The van der Waals surface area contributed by atoms with E-state index in [9.17, 15) is 18.7 Å². The minimum absolute atomic E-state index is 0.0192. The van der Waals surface area contributed by atoms with E-state index in [-0.39, 0.29) is 11.3 Å². The van der Waals surface area contributed by atoms with Crippen molar-refractivity contribution in [2.24, 2.45) is 0 Å². The van der Waals surface area contributed by atoms with E-state index < -0.39 is 23.3 Å². The fourth-order valence-electron chi connectivity index (χ4n) is 2.28. The van der Waals surface area contributed by atoms with Crippen LogP contribution < -0.4 is 4.74 Å². The molecule has 0 unspecified atom stereocenters. The zero-order valence-electron chi connectivity index (χ0n) is 12.4. The van der Waals surface area contributed by atoms with Gasteiger partial charge in [-0.3, -0.25) is 0 Å². The van der Waals surface area contributed by atoms with Crippen LogP contribution in [0.2, 0.25) is 0 Å². The topological polar surface area (TPSA) is 77.2 Å². The summed E-state index contributed by atoms with van der Waals surface area (Å²) in [7, 11) is 1.51. The molecule has 0 saturated heterocycles. The van der Waals surface area contributed by atoms with E-state index in [0.29, 0.717) is 17.5 Å². The second-order valence-corrected chi connectivity index (χ2v) is 4.86. The molecule has 0 aliphatic carbocycles. The molecule has 0 radical (unpaired) electrons. The van der Waals surface area contributed by atoms with Crippen molar-refractivity contribution in [1.29, 1.82) is 0 Å². The lowest BCUT2D eigenvalue weighted by molar-refractivity contribution is 0.0691. The van der Waals surface area contributed by atoms with Gasteiger partial charge in [0.25, 0.3) is 0 Å². The summed E-state index contributed by atoms with van der Waals surface area (Å²) in [6, 6.07) is 9.28. The van der Waals surface area contributed by atoms with E-state index >= 15 is 0 Å². The number of hydrogen-bond acceptors (Lipinski definition) is 4. The van der Waals surface area contributed by atoms with Gasteiger partial charge in [0.1, 0.15) is 23.1 Å². The molecule has 24 heavy (non-hydrogen) atoms. The highest BCUT2D eigenvalue weighted by atomic mass is 19.1. The molecule has 0 fully saturated rings. The molecule has 0 aliphatic heterocycles. The molecular formula is C16H11F2N3O3. The maximum Gasteiger partial charge on any atom is 0.358 e. The van der Waals surface area contributed by atoms with Crippen LogP contribution in [0.4, 0.5) is 8.78 Å². The number of nitrogens with zero attached hydrogens (tertiary/aromatic N) is 3. The van der Waals surface area contributed by atoms with Gasteiger partial charge in [0.05, 0.1) is 12.8 Å². The van der Waals surface area contributed by atoms with Crippen molar-refractivity contribution in [3.8, 4) is 22.7 Å². The summed E-state index contributed by atoms with van der Waals surface area (Å²) < 4.78 is 33.3. The maximum absolute atomic E-state index is 13.5. The molecule has 1 N–H and O–H groups in total. The van der Waals surface area contributed by atoms with Crippen LogP contribution in [-0.4, -0.2) is 33.2 Å². The first-order valence-electron chi connectivity index (χ1n) is 6.79. The first-order chi connectivity index (χ1) is 11.5. The Morgan fingerprint density at radius 3 is 2.29 bits per heavy atom. The Labute approximate surface area is 134 Å². The van der Waals surface area contributed by atoms with Crippen LogP contribution in [0.5, 0.6) is 5.75 Å². The Kier molecular flexibility index (Phi) is 3.95. The van der Waals surface area contributed by atoms with Gasteiger partial charge in [-0.15, -0.1) is 5.10 Å². The van der Waals surface area contributed by atoms with Gasteiger partial charge in [0.2, 0.25) is 0 Å². The third kappa shape index (κ3) is 2.81. The van der Waals surface area contributed by atoms with Crippen molar-refractivity contribution >= 4 is 5.97 Å². The number of benzene rings is 2. The lowest BCUT2D eigenvalue weighted by Gasteiger charge is -2.08. The lowest BCUT2D eigenvalue weighted by Crippen LogP contribution is -2.04. The molecule has 0 saturated carbocycles. The van der Waals surface area contributed by atoms with Crippen molar-refractivity contribution in [1.82, 2.24) is 15.0 Å². The second-order valence-electron chi connectivity index (χ2n) is 4.86. The monoisotopic (exact) mass is 331 g/mol. The van der Waals surface area contributed by atoms with Crippen molar-refractivity contribution in [2.45, 2.75) is 0 Å². The molecule has 3 aromatic rings. The highest BCUT2D eigenvalue weighted by Crippen LogP contribution is 2.27. The van der Waals surface area contributed by atoms with E-state index in [0.717, 1.165) is 12.1 Å². The molecule has 0 aliphatic rings. The summed E-state index contributed by atoms with van der Waals surface area (Å²) in [6.45, 7) is 0. The largest absolute Gasteiger partial charge is 0.497 e. The smallest absolute Gasteiger partial charge is 0.358 e. The molecule has 0 atom stereocenters. The third-order valence-corrected chi connectivity index (χ3v) is 3.33. The summed E-state index contributed by atoms with van der Waals surface area (Å²) in [5.41, 5.74) is 0.0584. The summed E-state index contributed by atoms with van der Waals surface area (Å²) in [6.07, 6.45) is 0. The number of carboxylic acids is 1. The third-order valence-electron chi connectivity index (χ3n) is 3.33. The molecule has 2 aromatic carbocycles. The highest BCUT2D eigenvalue weighted by Gasteiger charge is 2.22. The Morgan fingerprint density at radius 2 is 1.75 bits per heavy atom. The van der Waals surface area contributed by atoms with Crippen LogP contribution in [0.25, 0.3) is 16.9 Å². The molecule has 1 heterocycles.